The van der Waals surface area contributed by atoms with Crippen molar-refractivity contribution in [2.24, 2.45) is 23.2 Å². The topological polar surface area (TPSA) is 0 Å². The summed E-state index contributed by atoms with van der Waals surface area (Å²) in [6, 6.07) is 0. The van der Waals surface area contributed by atoms with Crippen LogP contribution in [0.3, 0.4) is 0 Å². The van der Waals surface area contributed by atoms with Crippen LogP contribution in [0.4, 0.5) is 13.2 Å². The van der Waals surface area contributed by atoms with E-state index in [0.29, 0.717) is 12.3 Å². The molecule has 2 saturated carbocycles. The lowest BCUT2D eigenvalue weighted by molar-refractivity contribution is -0.293. The second kappa shape index (κ2) is 2.43. The van der Waals surface area contributed by atoms with Crippen LogP contribution in [0.15, 0.2) is 0 Å². The Morgan fingerprint density at radius 1 is 1.31 bits per heavy atom. The molecule has 3 unspecified atom stereocenters. The van der Waals surface area contributed by atoms with Gasteiger partial charge in [-0.2, -0.15) is 13.2 Å². The fourth-order valence-corrected chi connectivity index (χ4v) is 3.22. The van der Waals surface area contributed by atoms with Crippen molar-refractivity contribution in [1.29, 1.82) is 0 Å². The maximum atomic E-state index is 12.4. The maximum Gasteiger partial charge on any atom is 0.392 e. The largest absolute Gasteiger partial charge is 0.392 e. The molecule has 0 spiro atoms. The lowest BCUT2D eigenvalue weighted by atomic mass is 9.39. The number of fused-ring (bicyclic) bond motifs is 1. The Labute approximate surface area is 76.5 Å². The Balaban J connectivity index is 2.06. The van der Waals surface area contributed by atoms with Crippen LogP contribution in [0.1, 0.15) is 33.1 Å². The van der Waals surface area contributed by atoms with Crippen molar-refractivity contribution in [1.82, 2.24) is 0 Å². The van der Waals surface area contributed by atoms with Gasteiger partial charge in [-0.25, -0.2) is 0 Å². The monoisotopic (exact) mass is 192 g/mol. The zero-order valence-electron chi connectivity index (χ0n) is 7.99. The van der Waals surface area contributed by atoms with Crippen LogP contribution in [0.2, 0.25) is 0 Å². The molecule has 0 aromatic rings. The summed E-state index contributed by atoms with van der Waals surface area (Å²) >= 11 is 0. The van der Waals surface area contributed by atoms with Crippen LogP contribution < -0.4 is 0 Å². The molecule has 0 heterocycles. The minimum absolute atomic E-state index is 0.0486. The summed E-state index contributed by atoms with van der Waals surface area (Å²) < 4.78 is 37.2. The van der Waals surface area contributed by atoms with Crippen LogP contribution in [0, 0.1) is 23.2 Å². The van der Waals surface area contributed by atoms with Crippen molar-refractivity contribution in [2.75, 3.05) is 0 Å². The molecular formula is C10H15F3. The van der Waals surface area contributed by atoms with Crippen molar-refractivity contribution >= 4 is 0 Å². The Hall–Kier alpha value is -0.210. The predicted molar refractivity (Wildman–Crippen MR) is 44.2 cm³/mol. The van der Waals surface area contributed by atoms with Crippen LogP contribution in [0.25, 0.3) is 0 Å². The van der Waals surface area contributed by atoms with Crippen molar-refractivity contribution in [2.45, 2.75) is 39.3 Å². The molecule has 13 heavy (non-hydrogen) atoms. The maximum absolute atomic E-state index is 12.4. The molecule has 0 bridgehead atoms. The smallest absolute Gasteiger partial charge is 0.171 e. The number of rotatable bonds is 1. The summed E-state index contributed by atoms with van der Waals surface area (Å²) in [6.07, 6.45) is -1.74. The van der Waals surface area contributed by atoms with Crippen LogP contribution in [-0.4, -0.2) is 6.18 Å². The number of hydrogen-bond donors (Lipinski definition) is 0. The van der Waals surface area contributed by atoms with Gasteiger partial charge in [0, 0.05) is 0 Å². The van der Waals surface area contributed by atoms with Gasteiger partial charge in [0.2, 0.25) is 0 Å². The van der Waals surface area contributed by atoms with Gasteiger partial charge in [-0.05, 0) is 36.5 Å². The Morgan fingerprint density at radius 2 is 1.92 bits per heavy atom. The van der Waals surface area contributed by atoms with Crippen molar-refractivity contribution in [3.8, 4) is 0 Å². The molecule has 0 aromatic heterocycles. The van der Waals surface area contributed by atoms with Gasteiger partial charge >= 0.3 is 6.18 Å². The molecular weight excluding hydrogens is 177 g/mol. The van der Waals surface area contributed by atoms with E-state index >= 15 is 0 Å². The number of halogens is 3. The van der Waals surface area contributed by atoms with E-state index in [1.54, 1.807) is 0 Å². The fraction of sp³-hybridized carbons (Fsp3) is 1.00. The highest BCUT2D eigenvalue weighted by Gasteiger charge is 2.67. The number of hydrogen-bond acceptors (Lipinski definition) is 0. The van der Waals surface area contributed by atoms with Gasteiger partial charge in [-0.1, -0.05) is 13.8 Å². The van der Waals surface area contributed by atoms with Crippen molar-refractivity contribution < 1.29 is 13.2 Å². The minimum Gasteiger partial charge on any atom is -0.171 e. The molecule has 0 nitrogen and oxygen atoms in total. The summed E-state index contributed by atoms with van der Waals surface area (Å²) in [7, 11) is 0. The number of alkyl halides is 3. The van der Waals surface area contributed by atoms with Gasteiger partial charge in [0.15, 0.2) is 0 Å². The molecule has 2 aliphatic rings. The van der Waals surface area contributed by atoms with Gasteiger partial charge in [0.25, 0.3) is 0 Å². The zero-order valence-corrected chi connectivity index (χ0v) is 7.99. The van der Waals surface area contributed by atoms with E-state index in [1.165, 1.54) is 0 Å². The lowest BCUT2D eigenvalue weighted by Crippen LogP contribution is -2.62. The molecule has 2 rings (SSSR count). The quantitative estimate of drug-likeness (QED) is 0.595. The second-order valence-electron chi connectivity index (χ2n) is 4.89. The highest BCUT2D eigenvalue weighted by Crippen LogP contribution is 2.70. The van der Waals surface area contributed by atoms with Gasteiger partial charge < -0.3 is 0 Å². The molecule has 2 aliphatic carbocycles. The molecule has 76 valence electrons. The molecule has 0 amide bonds. The fourth-order valence-electron chi connectivity index (χ4n) is 3.22. The molecule has 0 saturated heterocycles. The molecule has 2 fully saturated rings. The zero-order chi connectivity index (χ0) is 9.85. The minimum atomic E-state index is -3.94. The molecule has 0 aliphatic heterocycles. The first-order valence-corrected chi connectivity index (χ1v) is 4.94. The normalized spacial score (nSPS) is 43.8. The third kappa shape index (κ3) is 1.05. The highest BCUT2D eigenvalue weighted by molar-refractivity contribution is 5.11. The standard InChI is InChI=1S/C10H15F3/c1-6(2)9-4-3-7(9)8(5-9)10(11,12)13/h6-8H,3-5H2,1-2H3. The Bertz CT molecular complexity index is 219. The molecule has 3 heteroatoms. The average molecular weight is 192 g/mol. The third-order valence-corrected chi connectivity index (χ3v) is 4.32. The first kappa shape index (κ1) is 9.35. The van der Waals surface area contributed by atoms with E-state index in [-0.39, 0.29) is 11.3 Å². The molecule has 0 N–H and O–H groups in total. The van der Waals surface area contributed by atoms with E-state index in [0.717, 1.165) is 12.8 Å². The van der Waals surface area contributed by atoms with Gasteiger partial charge in [-0.3, -0.25) is 0 Å². The first-order valence-electron chi connectivity index (χ1n) is 4.94. The van der Waals surface area contributed by atoms with Gasteiger partial charge in [0.05, 0.1) is 5.92 Å². The summed E-state index contributed by atoms with van der Waals surface area (Å²) in [4.78, 5) is 0. The van der Waals surface area contributed by atoms with Gasteiger partial charge in [0.1, 0.15) is 0 Å². The average Bonchev–Trinajstić information content (AvgIpc) is 1.91. The summed E-state index contributed by atoms with van der Waals surface area (Å²) in [5.41, 5.74) is 0.0696. The van der Waals surface area contributed by atoms with E-state index in [2.05, 4.69) is 13.8 Å². The molecule has 3 atom stereocenters. The van der Waals surface area contributed by atoms with Crippen molar-refractivity contribution in [3.63, 3.8) is 0 Å². The van der Waals surface area contributed by atoms with E-state index in [1.807, 2.05) is 0 Å². The van der Waals surface area contributed by atoms with E-state index in [4.69, 9.17) is 0 Å². The second-order valence-corrected chi connectivity index (χ2v) is 4.89. The van der Waals surface area contributed by atoms with Crippen LogP contribution in [-0.2, 0) is 0 Å². The summed E-state index contributed by atoms with van der Waals surface area (Å²) in [6.45, 7) is 4.11. The van der Waals surface area contributed by atoms with Gasteiger partial charge in [-0.15, -0.1) is 0 Å². The SMILES string of the molecule is CC(C)C12CCC1C(C(F)(F)F)C2. The summed E-state index contributed by atoms with van der Waals surface area (Å²) in [5, 5.41) is 0. The van der Waals surface area contributed by atoms with E-state index < -0.39 is 12.1 Å². The Morgan fingerprint density at radius 3 is 2.15 bits per heavy atom. The third-order valence-electron chi connectivity index (χ3n) is 4.32. The molecule has 0 radical (unpaired) electrons. The summed E-state index contributed by atoms with van der Waals surface area (Å²) in [5.74, 6) is -0.610. The molecule has 0 aromatic carbocycles. The van der Waals surface area contributed by atoms with Crippen molar-refractivity contribution in [3.05, 3.63) is 0 Å². The Kier molecular flexibility index (Phi) is 1.74. The first-order chi connectivity index (χ1) is 5.88. The van der Waals surface area contributed by atoms with Crippen LogP contribution in [0.5, 0.6) is 0 Å². The van der Waals surface area contributed by atoms with E-state index in [9.17, 15) is 13.2 Å². The highest BCUT2D eigenvalue weighted by atomic mass is 19.4. The van der Waals surface area contributed by atoms with Crippen LogP contribution >= 0.6 is 0 Å². The lowest BCUT2D eigenvalue weighted by Gasteiger charge is -2.66. The predicted octanol–water partition coefficient (Wildman–Crippen LogP) is 3.62.